The quantitative estimate of drug-likeness (QED) is 0.332. The third-order valence-electron chi connectivity index (χ3n) is 4.25. The third kappa shape index (κ3) is 10.1. The second-order valence-electron chi connectivity index (χ2n) is 7.86. The Bertz CT molecular complexity index is 454. The van der Waals surface area contributed by atoms with Crippen LogP contribution in [0.1, 0.15) is 72.1 Å². The van der Waals surface area contributed by atoms with Gasteiger partial charge in [-0.3, -0.25) is 19.8 Å². The van der Waals surface area contributed by atoms with Gasteiger partial charge in [0.15, 0.2) is 0 Å². The summed E-state index contributed by atoms with van der Waals surface area (Å²) in [6.07, 6.45) is 6.71. The molecule has 0 aromatic rings. The summed E-state index contributed by atoms with van der Waals surface area (Å²) in [5.41, 5.74) is 9.79. The van der Waals surface area contributed by atoms with Gasteiger partial charge in [0.2, 0.25) is 11.8 Å². The molecule has 2 amide bonds. The van der Waals surface area contributed by atoms with E-state index in [1.165, 1.54) is 19.3 Å². The molecule has 7 nitrogen and oxygen atoms in total. The maximum Gasteiger partial charge on any atom is 0.307 e. The summed E-state index contributed by atoms with van der Waals surface area (Å²) < 4.78 is 5.36. The highest BCUT2D eigenvalue weighted by molar-refractivity contribution is 5.83. The van der Waals surface area contributed by atoms with E-state index in [1.807, 2.05) is 20.8 Å². The summed E-state index contributed by atoms with van der Waals surface area (Å²) in [6, 6.07) is 0. The normalized spacial score (nSPS) is 16.9. The summed E-state index contributed by atoms with van der Waals surface area (Å²) in [6.45, 7) is 5.70. The molecule has 1 atom stereocenters. The molecule has 1 aliphatic rings. The molecular weight excluding hydrogens is 322 g/mol. The molecule has 0 heterocycles. The van der Waals surface area contributed by atoms with Gasteiger partial charge in [-0.05, 0) is 33.1 Å². The third-order valence-corrected chi connectivity index (χ3v) is 4.25. The average Bonchev–Trinajstić information content (AvgIpc) is 2.49. The number of carbonyl (C=O) groups excluding carboxylic acids is 3. The van der Waals surface area contributed by atoms with Crippen molar-refractivity contribution in [1.29, 1.82) is 0 Å². The van der Waals surface area contributed by atoms with Crippen molar-refractivity contribution in [2.75, 3.05) is 6.54 Å². The van der Waals surface area contributed by atoms with Crippen LogP contribution in [0.4, 0.5) is 0 Å². The van der Waals surface area contributed by atoms with Crippen molar-refractivity contribution >= 4 is 17.8 Å². The van der Waals surface area contributed by atoms with E-state index in [9.17, 15) is 14.4 Å². The van der Waals surface area contributed by atoms with Crippen molar-refractivity contribution in [2.24, 2.45) is 17.6 Å². The number of esters is 1. The summed E-state index contributed by atoms with van der Waals surface area (Å²) >= 11 is 0. The lowest BCUT2D eigenvalue weighted by atomic mass is 9.81. The van der Waals surface area contributed by atoms with E-state index >= 15 is 0 Å². The monoisotopic (exact) mass is 355 g/mol. The second kappa shape index (κ2) is 10.4. The number of nitrogens with two attached hydrogens (primary N) is 1. The highest BCUT2D eigenvalue weighted by Gasteiger charge is 2.28. The summed E-state index contributed by atoms with van der Waals surface area (Å²) in [5.74, 6) is -0.993. The van der Waals surface area contributed by atoms with Crippen LogP contribution in [0.15, 0.2) is 0 Å². The van der Waals surface area contributed by atoms with Crippen LogP contribution in [0.25, 0.3) is 0 Å². The minimum Gasteiger partial charge on any atom is -0.460 e. The largest absolute Gasteiger partial charge is 0.460 e. The van der Waals surface area contributed by atoms with Crippen molar-refractivity contribution in [3.63, 3.8) is 0 Å². The molecular formula is C18H33N3O4. The molecule has 0 radical (unpaired) electrons. The summed E-state index contributed by atoms with van der Waals surface area (Å²) in [4.78, 5) is 35.3. The maximum absolute atomic E-state index is 12.5. The van der Waals surface area contributed by atoms with Gasteiger partial charge in [0.05, 0.1) is 6.42 Å². The Kier molecular flexibility index (Phi) is 8.89. The Hall–Kier alpha value is -1.63. The number of hydrazine groups is 1. The molecule has 0 aromatic carbocycles. The SMILES string of the molecule is CC(C)(C)OC(=O)C[C@@H](CC1CCCCC1)C(=O)NNCCC(N)=O. The molecule has 0 aromatic heterocycles. The van der Waals surface area contributed by atoms with Crippen LogP contribution in [0, 0.1) is 11.8 Å². The highest BCUT2D eigenvalue weighted by Crippen LogP contribution is 2.30. The van der Waals surface area contributed by atoms with Gasteiger partial charge in [0.25, 0.3) is 0 Å². The van der Waals surface area contributed by atoms with Gasteiger partial charge >= 0.3 is 5.97 Å². The molecule has 0 spiro atoms. The molecule has 0 bridgehead atoms. The molecule has 0 unspecified atom stereocenters. The number of primary amides is 1. The van der Waals surface area contributed by atoms with Gasteiger partial charge in [-0.1, -0.05) is 32.1 Å². The minimum atomic E-state index is -0.567. The maximum atomic E-state index is 12.5. The fraction of sp³-hybridized carbons (Fsp3) is 0.833. The van der Waals surface area contributed by atoms with E-state index in [0.29, 0.717) is 12.3 Å². The molecule has 25 heavy (non-hydrogen) atoms. The van der Waals surface area contributed by atoms with E-state index < -0.39 is 17.4 Å². The zero-order valence-electron chi connectivity index (χ0n) is 15.7. The van der Waals surface area contributed by atoms with Crippen LogP contribution in [0.5, 0.6) is 0 Å². The first-order chi connectivity index (χ1) is 11.7. The Balaban J connectivity index is 2.57. The number of amides is 2. The van der Waals surface area contributed by atoms with E-state index in [2.05, 4.69) is 10.9 Å². The van der Waals surface area contributed by atoms with Crippen LogP contribution < -0.4 is 16.6 Å². The number of ether oxygens (including phenoxy) is 1. The van der Waals surface area contributed by atoms with E-state index in [-0.39, 0.29) is 31.3 Å². The van der Waals surface area contributed by atoms with Crippen LogP contribution in [-0.4, -0.2) is 29.9 Å². The number of hydrogen-bond acceptors (Lipinski definition) is 5. The Morgan fingerprint density at radius 1 is 1.16 bits per heavy atom. The topological polar surface area (TPSA) is 111 Å². The second-order valence-corrected chi connectivity index (χ2v) is 7.86. The molecule has 7 heteroatoms. The predicted molar refractivity (Wildman–Crippen MR) is 95.1 cm³/mol. The van der Waals surface area contributed by atoms with Crippen molar-refractivity contribution in [3.05, 3.63) is 0 Å². The van der Waals surface area contributed by atoms with Crippen LogP contribution in [-0.2, 0) is 19.1 Å². The lowest BCUT2D eigenvalue weighted by molar-refractivity contribution is -0.157. The van der Waals surface area contributed by atoms with Crippen LogP contribution in [0.3, 0.4) is 0 Å². The molecule has 4 N–H and O–H groups in total. The lowest BCUT2D eigenvalue weighted by Gasteiger charge is -2.27. The van der Waals surface area contributed by atoms with Gasteiger partial charge in [-0.25, -0.2) is 5.43 Å². The van der Waals surface area contributed by atoms with E-state index in [1.54, 1.807) is 0 Å². The van der Waals surface area contributed by atoms with Gasteiger partial charge < -0.3 is 10.5 Å². The zero-order chi connectivity index (χ0) is 18.9. The van der Waals surface area contributed by atoms with E-state index in [0.717, 1.165) is 12.8 Å². The van der Waals surface area contributed by atoms with Gasteiger partial charge in [0.1, 0.15) is 5.60 Å². The summed E-state index contributed by atoms with van der Waals surface area (Å²) in [5, 5.41) is 0. The minimum absolute atomic E-state index is 0.0666. The highest BCUT2D eigenvalue weighted by atomic mass is 16.6. The van der Waals surface area contributed by atoms with E-state index in [4.69, 9.17) is 10.5 Å². The van der Waals surface area contributed by atoms with Crippen LogP contribution >= 0.6 is 0 Å². The van der Waals surface area contributed by atoms with Crippen molar-refractivity contribution in [2.45, 2.75) is 77.7 Å². The Labute approximate surface area is 150 Å². The lowest BCUT2D eigenvalue weighted by Crippen LogP contribution is -2.43. The standard InChI is InChI=1S/C18H33N3O4/c1-18(2,3)25-16(23)12-14(11-13-7-5-4-6-8-13)17(24)21-20-10-9-15(19)22/h13-14,20H,4-12H2,1-3H3,(H2,19,22)(H,21,24)/t14-/m1/s1. The molecule has 1 fully saturated rings. The predicted octanol–water partition coefficient (Wildman–Crippen LogP) is 1.80. The molecule has 1 saturated carbocycles. The Morgan fingerprint density at radius 3 is 2.36 bits per heavy atom. The molecule has 1 aliphatic carbocycles. The van der Waals surface area contributed by atoms with Gasteiger partial charge in [-0.15, -0.1) is 0 Å². The number of rotatable bonds is 9. The molecule has 1 rings (SSSR count). The molecule has 144 valence electrons. The summed E-state index contributed by atoms with van der Waals surface area (Å²) in [7, 11) is 0. The number of carbonyl (C=O) groups is 3. The Morgan fingerprint density at radius 2 is 1.80 bits per heavy atom. The zero-order valence-corrected chi connectivity index (χ0v) is 15.7. The fourth-order valence-electron chi connectivity index (χ4n) is 3.13. The van der Waals surface area contributed by atoms with Gasteiger partial charge in [0, 0.05) is 18.9 Å². The number of hydrogen-bond donors (Lipinski definition) is 3. The first-order valence-corrected chi connectivity index (χ1v) is 9.20. The number of nitrogens with one attached hydrogen (secondary N) is 2. The first-order valence-electron chi connectivity index (χ1n) is 9.20. The van der Waals surface area contributed by atoms with Crippen molar-refractivity contribution in [3.8, 4) is 0 Å². The van der Waals surface area contributed by atoms with Gasteiger partial charge in [-0.2, -0.15) is 0 Å². The molecule has 0 saturated heterocycles. The molecule has 0 aliphatic heterocycles. The van der Waals surface area contributed by atoms with Crippen molar-refractivity contribution in [1.82, 2.24) is 10.9 Å². The average molecular weight is 355 g/mol. The fourth-order valence-corrected chi connectivity index (χ4v) is 3.13. The van der Waals surface area contributed by atoms with Crippen LogP contribution in [0.2, 0.25) is 0 Å². The first kappa shape index (κ1) is 21.4. The smallest absolute Gasteiger partial charge is 0.307 e. The van der Waals surface area contributed by atoms with Crippen molar-refractivity contribution < 1.29 is 19.1 Å².